The first-order valence-electron chi connectivity index (χ1n) is 4.20. The molecule has 0 aliphatic rings. The van der Waals surface area contributed by atoms with Crippen LogP contribution in [0.1, 0.15) is 0 Å². The average Bonchev–Trinajstić information content (AvgIpc) is 2.28. The zero-order valence-electron chi connectivity index (χ0n) is 8.32. The van der Waals surface area contributed by atoms with Gasteiger partial charge in [-0.1, -0.05) is 0 Å². The molecule has 0 bridgehead atoms. The van der Waals surface area contributed by atoms with E-state index >= 15 is 0 Å². The molecule has 0 spiro atoms. The van der Waals surface area contributed by atoms with E-state index in [-0.39, 0.29) is 0 Å². The summed E-state index contributed by atoms with van der Waals surface area (Å²) >= 11 is -4.59. The van der Waals surface area contributed by atoms with E-state index in [0.29, 0.717) is 0 Å². The Hall–Kier alpha value is 0.946. The van der Waals surface area contributed by atoms with Crippen LogP contribution < -0.4 is 9.19 Å². The normalized spacial score (nSPS) is 13.4. The molecule has 1 heterocycles. The Bertz CT molecular complexity index is 267. The molecule has 0 radical (unpaired) electrons. The number of rotatable bonds is 2. The molecular weight excluding hydrogens is 328 g/mol. The van der Waals surface area contributed by atoms with Crippen LogP contribution in [0.2, 0.25) is 23.0 Å². The summed E-state index contributed by atoms with van der Waals surface area (Å²) in [6.45, 7) is 0. The Kier molecular flexibility index (Phi) is 3.55. The van der Waals surface area contributed by atoms with Gasteiger partial charge >= 0.3 is 93.5 Å². The Morgan fingerprint density at radius 3 is 1.38 bits per heavy atom. The quantitative estimate of drug-likeness (QED) is 0.753. The molecule has 0 saturated carbocycles. The van der Waals surface area contributed by atoms with Crippen LogP contribution in [0.5, 0.6) is 0 Å². The second-order valence-electron chi connectivity index (χ2n) is 4.11. The summed E-state index contributed by atoms with van der Waals surface area (Å²) in [6.07, 6.45) is 0. The molecule has 0 unspecified atom stereocenters. The molecule has 0 aromatic carbocycles. The van der Waals surface area contributed by atoms with Gasteiger partial charge in [-0.15, -0.1) is 0 Å². The van der Waals surface area contributed by atoms with E-state index in [1.807, 2.05) is 12.1 Å². The van der Waals surface area contributed by atoms with E-state index < -0.39 is 24.7 Å². The fourth-order valence-corrected chi connectivity index (χ4v) is 5.97. The monoisotopic (exact) mass is 344 g/mol. The van der Waals surface area contributed by atoms with Crippen molar-refractivity contribution < 1.29 is 4.42 Å². The molecule has 1 nitrogen and oxygen atoms in total. The SMILES string of the molecule is [CH3][Ge]([CH3])([Cl])[c]1cc[c]([Ge]([CH3])([CH3])[Cl])o1. The van der Waals surface area contributed by atoms with Gasteiger partial charge in [-0.2, -0.15) is 0 Å². The van der Waals surface area contributed by atoms with Crippen LogP contribution in [0.3, 0.4) is 0 Å². The molecule has 0 atom stereocenters. The molecule has 1 rings (SSSR count). The summed E-state index contributed by atoms with van der Waals surface area (Å²) in [5, 5.41) is 0. The zero-order chi connectivity index (χ0) is 10.3. The summed E-state index contributed by atoms with van der Waals surface area (Å²) in [5.41, 5.74) is 0. The van der Waals surface area contributed by atoms with E-state index in [4.69, 9.17) is 24.4 Å². The van der Waals surface area contributed by atoms with Crippen molar-refractivity contribution in [3.63, 3.8) is 0 Å². The standard InChI is InChI=1S/C8H14Cl2Ge2O/c1-11(2,9)7-5-6-8(13-7)12(3,4)10/h5-6H,1-4H3. The maximum atomic E-state index is 6.29. The van der Waals surface area contributed by atoms with Crippen molar-refractivity contribution in [3.05, 3.63) is 12.1 Å². The van der Waals surface area contributed by atoms with E-state index in [1.165, 1.54) is 0 Å². The van der Waals surface area contributed by atoms with Gasteiger partial charge in [0.1, 0.15) is 0 Å². The van der Waals surface area contributed by atoms with Gasteiger partial charge in [-0.3, -0.25) is 0 Å². The summed E-state index contributed by atoms with van der Waals surface area (Å²) in [7, 11) is 12.6. The Morgan fingerprint density at radius 1 is 0.923 bits per heavy atom. The molecule has 0 saturated heterocycles. The van der Waals surface area contributed by atoms with Gasteiger partial charge in [0, 0.05) is 0 Å². The Labute approximate surface area is 92.9 Å². The predicted octanol–water partition coefficient (Wildman–Crippen LogP) is 2.58. The third-order valence-corrected chi connectivity index (χ3v) is 9.76. The fraction of sp³-hybridized carbons (Fsp3) is 0.500. The number of furan rings is 1. The van der Waals surface area contributed by atoms with Gasteiger partial charge < -0.3 is 0 Å². The van der Waals surface area contributed by atoms with Crippen LogP contribution in [0.25, 0.3) is 0 Å². The van der Waals surface area contributed by atoms with Crippen LogP contribution >= 0.6 is 20.0 Å². The first-order valence-corrected chi connectivity index (χ1v) is 20.2. The van der Waals surface area contributed by atoms with Crippen molar-refractivity contribution in [2.45, 2.75) is 23.0 Å². The van der Waals surface area contributed by atoms with Crippen molar-refractivity contribution in [2.75, 3.05) is 0 Å². The van der Waals surface area contributed by atoms with E-state index in [1.54, 1.807) is 0 Å². The number of halogens is 2. The van der Waals surface area contributed by atoms with E-state index in [9.17, 15) is 0 Å². The van der Waals surface area contributed by atoms with Crippen LogP contribution in [-0.4, -0.2) is 24.7 Å². The second kappa shape index (κ2) is 3.84. The first-order chi connectivity index (χ1) is 5.71. The molecule has 5 heteroatoms. The molecule has 74 valence electrons. The van der Waals surface area contributed by atoms with E-state index in [0.717, 1.165) is 9.19 Å². The molecule has 1 aromatic heterocycles. The fourth-order valence-electron chi connectivity index (χ4n) is 0.977. The molecule has 0 N–H and O–H groups in total. The summed E-state index contributed by atoms with van der Waals surface area (Å²) in [4.78, 5) is 0. The zero-order valence-corrected chi connectivity index (χ0v) is 14.0. The Balaban J connectivity index is 3.01. The molecular formula is C8H14Cl2Ge2O. The van der Waals surface area contributed by atoms with Crippen molar-refractivity contribution in [1.82, 2.24) is 0 Å². The summed E-state index contributed by atoms with van der Waals surface area (Å²) in [5.74, 6) is 8.38. The van der Waals surface area contributed by atoms with Gasteiger partial charge in [-0.05, 0) is 0 Å². The van der Waals surface area contributed by atoms with Crippen LogP contribution in [0.4, 0.5) is 0 Å². The molecule has 0 amide bonds. The van der Waals surface area contributed by atoms with Crippen LogP contribution in [0, 0.1) is 0 Å². The Morgan fingerprint density at radius 2 is 1.23 bits per heavy atom. The van der Waals surface area contributed by atoms with Gasteiger partial charge in [-0.25, -0.2) is 0 Å². The summed E-state index contributed by atoms with van der Waals surface area (Å²) < 4.78 is 7.68. The first kappa shape index (κ1) is 12.0. The predicted molar refractivity (Wildman–Crippen MR) is 64.6 cm³/mol. The maximum absolute atomic E-state index is 6.29. The van der Waals surface area contributed by atoms with Crippen molar-refractivity contribution >= 4 is 53.9 Å². The third-order valence-electron chi connectivity index (χ3n) is 1.78. The van der Waals surface area contributed by atoms with Crippen LogP contribution in [0.15, 0.2) is 16.5 Å². The topological polar surface area (TPSA) is 13.1 Å². The molecule has 0 aliphatic heterocycles. The molecule has 0 fully saturated rings. The third kappa shape index (κ3) is 3.22. The molecule has 1 aromatic rings. The molecule has 0 aliphatic carbocycles. The van der Waals surface area contributed by atoms with Crippen molar-refractivity contribution in [1.29, 1.82) is 0 Å². The van der Waals surface area contributed by atoms with Gasteiger partial charge in [0.2, 0.25) is 0 Å². The second-order valence-corrected chi connectivity index (χ2v) is 28.4. The van der Waals surface area contributed by atoms with Gasteiger partial charge in [0.25, 0.3) is 0 Å². The van der Waals surface area contributed by atoms with Gasteiger partial charge in [0.05, 0.1) is 0 Å². The number of hydrogen-bond donors (Lipinski definition) is 0. The van der Waals surface area contributed by atoms with Crippen LogP contribution in [-0.2, 0) is 0 Å². The van der Waals surface area contributed by atoms with Crippen molar-refractivity contribution in [3.8, 4) is 0 Å². The molecule has 13 heavy (non-hydrogen) atoms. The minimum atomic E-state index is -2.29. The summed E-state index contributed by atoms with van der Waals surface area (Å²) in [6, 6.07) is 4.00. The van der Waals surface area contributed by atoms with Crippen molar-refractivity contribution in [2.24, 2.45) is 0 Å². The average molecular weight is 342 g/mol. The minimum absolute atomic E-state index is 0.982. The number of hydrogen-bond acceptors (Lipinski definition) is 1. The van der Waals surface area contributed by atoms with E-state index in [2.05, 4.69) is 23.0 Å². The van der Waals surface area contributed by atoms with Gasteiger partial charge in [0.15, 0.2) is 0 Å².